The second-order valence-corrected chi connectivity index (χ2v) is 7.40. The number of nitrogens with zero attached hydrogens (tertiary/aromatic N) is 2. The van der Waals surface area contributed by atoms with E-state index in [0.29, 0.717) is 0 Å². The molecule has 0 spiro atoms. The van der Waals surface area contributed by atoms with Crippen molar-refractivity contribution in [2.75, 3.05) is 37.3 Å². The first-order valence-corrected chi connectivity index (χ1v) is 9.45. The van der Waals surface area contributed by atoms with Gasteiger partial charge in [-0.1, -0.05) is 24.3 Å². The third kappa shape index (κ3) is 4.67. The van der Waals surface area contributed by atoms with Crippen LogP contribution >= 0.6 is 11.8 Å². The number of rotatable bonds is 5. The SMILES string of the molecule is CN=C(NCc1cccc(N2CC=CC2)c1)NCC1CCCS1. The monoisotopic (exact) mass is 330 g/mol. The first-order chi connectivity index (χ1) is 11.3. The highest BCUT2D eigenvalue weighted by molar-refractivity contribution is 8.00. The molecule has 23 heavy (non-hydrogen) atoms. The van der Waals surface area contributed by atoms with E-state index in [-0.39, 0.29) is 0 Å². The summed E-state index contributed by atoms with van der Waals surface area (Å²) < 4.78 is 0. The van der Waals surface area contributed by atoms with Crippen molar-refractivity contribution in [1.29, 1.82) is 0 Å². The Labute approximate surface area is 143 Å². The fourth-order valence-corrected chi connectivity index (χ4v) is 4.18. The zero-order valence-electron chi connectivity index (χ0n) is 13.8. The van der Waals surface area contributed by atoms with E-state index in [0.717, 1.165) is 37.4 Å². The van der Waals surface area contributed by atoms with Crippen molar-refractivity contribution < 1.29 is 0 Å². The molecule has 1 unspecified atom stereocenters. The summed E-state index contributed by atoms with van der Waals surface area (Å²) in [5.41, 5.74) is 2.58. The van der Waals surface area contributed by atoms with Gasteiger partial charge in [0.05, 0.1) is 0 Å². The minimum Gasteiger partial charge on any atom is -0.364 e. The third-order valence-corrected chi connectivity index (χ3v) is 5.70. The lowest BCUT2D eigenvalue weighted by atomic mass is 10.2. The van der Waals surface area contributed by atoms with Gasteiger partial charge in [-0.3, -0.25) is 4.99 Å². The van der Waals surface area contributed by atoms with E-state index >= 15 is 0 Å². The van der Waals surface area contributed by atoms with Crippen molar-refractivity contribution in [3.05, 3.63) is 42.0 Å². The number of nitrogens with one attached hydrogen (secondary N) is 2. The summed E-state index contributed by atoms with van der Waals surface area (Å²) in [5, 5.41) is 7.61. The van der Waals surface area contributed by atoms with Gasteiger partial charge in [0.2, 0.25) is 0 Å². The summed E-state index contributed by atoms with van der Waals surface area (Å²) in [4.78, 5) is 6.70. The Kier molecular flexibility index (Phi) is 5.86. The highest BCUT2D eigenvalue weighted by Crippen LogP contribution is 2.25. The van der Waals surface area contributed by atoms with Gasteiger partial charge in [0.25, 0.3) is 0 Å². The Balaban J connectivity index is 1.49. The van der Waals surface area contributed by atoms with Gasteiger partial charge < -0.3 is 15.5 Å². The fourth-order valence-electron chi connectivity index (χ4n) is 2.97. The normalized spacial score (nSPS) is 21.0. The lowest BCUT2D eigenvalue weighted by Crippen LogP contribution is -2.39. The summed E-state index contributed by atoms with van der Waals surface area (Å²) in [6.45, 7) is 3.83. The van der Waals surface area contributed by atoms with Crippen LogP contribution in [0.5, 0.6) is 0 Å². The van der Waals surface area contributed by atoms with Crippen LogP contribution < -0.4 is 15.5 Å². The Hall–Kier alpha value is -1.62. The van der Waals surface area contributed by atoms with Crippen LogP contribution in [0.1, 0.15) is 18.4 Å². The molecule has 1 aromatic rings. The van der Waals surface area contributed by atoms with Gasteiger partial charge in [0.15, 0.2) is 5.96 Å². The second-order valence-electron chi connectivity index (χ2n) is 5.99. The molecule has 0 aliphatic carbocycles. The predicted molar refractivity (Wildman–Crippen MR) is 101 cm³/mol. The lowest BCUT2D eigenvalue weighted by Gasteiger charge is -2.19. The van der Waals surface area contributed by atoms with Crippen LogP contribution in [-0.4, -0.2) is 43.6 Å². The van der Waals surface area contributed by atoms with E-state index in [2.05, 4.69) is 68.7 Å². The van der Waals surface area contributed by atoms with Crippen LogP contribution in [0.3, 0.4) is 0 Å². The van der Waals surface area contributed by atoms with Crippen molar-refractivity contribution in [2.24, 2.45) is 4.99 Å². The van der Waals surface area contributed by atoms with Gasteiger partial charge in [0.1, 0.15) is 0 Å². The summed E-state index contributed by atoms with van der Waals surface area (Å²) >= 11 is 2.07. The van der Waals surface area contributed by atoms with Crippen LogP contribution in [0.25, 0.3) is 0 Å². The maximum atomic E-state index is 4.33. The van der Waals surface area contributed by atoms with E-state index in [9.17, 15) is 0 Å². The van der Waals surface area contributed by atoms with Gasteiger partial charge >= 0.3 is 0 Å². The largest absolute Gasteiger partial charge is 0.364 e. The molecule has 5 heteroatoms. The van der Waals surface area contributed by atoms with Crippen molar-refractivity contribution in [1.82, 2.24) is 10.6 Å². The van der Waals surface area contributed by atoms with E-state index in [4.69, 9.17) is 0 Å². The molecule has 2 heterocycles. The van der Waals surface area contributed by atoms with Crippen molar-refractivity contribution in [2.45, 2.75) is 24.6 Å². The molecule has 124 valence electrons. The second kappa shape index (κ2) is 8.29. The first kappa shape index (κ1) is 16.2. The number of thioether (sulfide) groups is 1. The van der Waals surface area contributed by atoms with Crippen LogP contribution in [0.2, 0.25) is 0 Å². The highest BCUT2D eigenvalue weighted by atomic mass is 32.2. The molecule has 1 saturated heterocycles. The van der Waals surface area contributed by atoms with Gasteiger partial charge in [-0.15, -0.1) is 0 Å². The molecule has 1 aromatic carbocycles. The topological polar surface area (TPSA) is 39.7 Å². The molecule has 2 N–H and O–H groups in total. The van der Waals surface area contributed by atoms with Gasteiger partial charge in [-0.2, -0.15) is 11.8 Å². The zero-order chi connectivity index (χ0) is 15.9. The quantitative estimate of drug-likeness (QED) is 0.495. The number of hydrogen-bond acceptors (Lipinski definition) is 3. The van der Waals surface area contributed by atoms with E-state index in [1.165, 1.54) is 29.8 Å². The van der Waals surface area contributed by atoms with Gasteiger partial charge in [0, 0.05) is 44.2 Å². The van der Waals surface area contributed by atoms with Crippen LogP contribution in [0.15, 0.2) is 41.4 Å². The minimum atomic E-state index is 0.736. The zero-order valence-corrected chi connectivity index (χ0v) is 14.6. The lowest BCUT2D eigenvalue weighted by molar-refractivity contribution is 0.726. The molecule has 0 saturated carbocycles. The Morgan fingerprint density at radius 1 is 1.30 bits per heavy atom. The number of hydrogen-bond donors (Lipinski definition) is 2. The molecule has 0 aromatic heterocycles. The summed E-state index contributed by atoms with van der Waals surface area (Å²) in [6, 6.07) is 8.75. The van der Waals surface area contributed by atoms with Crippen molar-refractivity contribution in [3.63, 3.8) is 0 Å². The molecule has 0 amide bonds. The Bertz CT molecular complexity index is 556. The number of anilines is 1. The molecule has 1 fully saturated rings. The maximum absolute atomic E-state index is 4.33. The predicted octanol–water partition coefficient (Wildman–Crippen LogP) is 2.62. The Morgan fingerprint density at radius 3 is 2.91 bits per heavy atom. The molecule has 0 radical (unpaired) electrons. The van der Waals surface area contributed by atoms with Crippen LogP contribution in [0, 0.1) is 0 Å². The molecular weight excluding hydrogens is 304 g/mol. The standard InChI is InChI=1S/C18H26N4S/c1-19-18(21-14-17-8-5-11-23-17)20-13-15-6-4-7-16(12-15)22-9-2-3-10-22/h2-4,6-7,12,17H,5,8-11,13-14H2,1H3,(H2,19,20,21). The van der Waals surface area contributed by atoms with Gasteiger partial charge in [-0.05, 0) is 36.3 Å². The van der Waals surface area contributed by atoms with Crippen LogP contribution in [-0.2, 0) is 6.54 Å². The maximum Gasteiger partial charge on any atom is 0.191 e. The molecule has 2 aliphatic heterocycles. The smallest absolute Gasteiger partial charge is 0.191 e. The fraction of sp³-hybridized carbons (Fsp3) is 0.500. The molecule has 0 bridgehead atoms. The first-order valence-electron chi connectivity index (χ1n) is 8.40. The van der Waals surface area contributed by atoms with E-state index in [1.54, 1.807) is 0 Å². The average molecular weight is 331 g/mol. The van der Waals surface area contributed by atoms with Crippen molar-refractivity contribution in [3.8, 4) is 0 Å². The van der Waals surface area contributed by atoms with E-state index < -0.39 is 0 Å². The molecular formula is C18H26N4S. The molecule has 2 aliphatic rings. The number of benzene rings is 1. The average Bonchev–Trinajstić information content (AvgIpc) is 3.29. The van der Waals surface area contributed by atoms with Crippen molar-refractivity contribution >= 4 is 23.4 Å². The van der Waals surface area contributed by atoms with Gasteiger partial charge in [-0.25, -0.2) is 0 Å². The minimum absolute atomic E-state index is 0.736. The van der Waals surface area contributed by atoms with Crippen LogP contribution in [0.4, 0.5) is 5.69 Å². The Morgan fingerprint density at radius 2 is 2.17 bits per heavy atom. The number of aliphatic imine (C=N–C) groups is 1. The highest BCUT2D eigenvalue weighted by Gasteiger charge is 2.15. The van der Waals surface area contributed by atoms with E-state index in [1.807, 2.05) is 7.05 Å². The molecule has 4 nitrogen and oxygen atoms in total. The molecule has 1 atom stereocenters. The summed E-state index contributed by atoms with van der Waals surface area (Å²) in [6.07, 6.45) is 7.11. The molecule has 3 rings (SSSR count). The number of guanidine groups is 1. The summed E-state index contributed by atoms with van der Waals surface area (Å²) in [7, 11) is 1.84. The third-order valence-electron chi connectivity index (χ3n) is 4.30. The summed E-state index contributed by atoms with van der Waals surface area (Å²) in [5.74, 6) is 2.20.